The molecule has 1 N–H and O–H groups in total. The Balaban J connectivity index is 3.86. The van der Waals surface area contributed by atoms with Crippen LogP contribution in [0.15, 0.2) is 0 Å². The lowest BCUT2D eigenvalue weighted by Crippen LogP contribution is -2.23. The minimum absolute atomic E-state index is 0.113. The van der Waals surface area contributed by atoms with Crippen molar-refractivity contribution in [1.29, 1.82) is 0 Å². The summed E-state index contributed by atoms with van der Waals surface area (Å²) in [4.78, 5) is 0. The zero-order valence-corrected chi connectivity index (χ0v) is 8.69. The molecular weight excluding hydrogens is 156 g/mol. The second-order valence-corrected chi connectivity index (χ2v) is 4.18. The Morgan fingerprint density at radius 1 is 1.55 bits per heavy atom. The van der Waals surface area contributed by atoms with Crippen molar-refractivity contribution in [3.63, 3.8) is 0 Å². The highest BCUT2D eigenvalue weighted by Crippen LogP contribution is 2.29. The molecule has 0 aromatic rings. The van der Waals surface area contributed by atoms with Gasteiger partial charge in [0.1, 0.15) is 0 Å². The van der Waals surface area contributed by atoms with Gasteiger partial charge in [-0.15, -0.1) is 0 Å². The Hall–Kier alpha value is 0.310. The van der Waals surface area contributed by atoms with Gasteiger partial charge in [0.05, 0.1) is 0 Å². The van der Waals surface area contributed by atoms with E-state index in [1.807, 2.05) is 0 Å². The molecule has 0 heterocycles. The van der Waals surface area contributed by atoms with E-state index in [9.17, 15) is 0 Å². The van der Waals surface area contributed by atoms with Gasteiger partial charge in [-0.05, 0) is 29.9 Å². The molecule has 0 amide bonds. The van der Waals surface area contributed by atoms with Gasteiger partial charge in [-0.2, -0.15) is 12.6 Å². The van der Waals surface area contributed by atoms with Crippen LogP contribution in [0.3, 0.4) is 0 Å². The number of aliphatic hydroxyl groups excluding tert-OH is 1. The highest BCUT2D eigenvalue weighted by atomic mass is 32.1. The number of rotatable bonds is 5. The van der Waals surface area contributed by atoms with Gasteiger partial charge in [0.25, 0.3) is 0 Å². The maximum Gasteiger partial charge on any atom is 0.0484 e. The molecule has 0 spiro atoms. The summed E-state index contributed by atoms with van der Waals surface area (Å²) in [5, 5.41) is 9.10. The largest absolute Gasteiger partial charge is 0.396 e. The monoisotopic (exact) mass is 176 g/mol. The zero-order chi connectivity index (χ0) is 8.91. The van der Waals surface area contributed by atoms with Gasteiger partial charge in [0, 0.05) is 6.61 Å². The maximum atomic E-state index is 9.10. The van der Waals surface area contributed by atoms with Crippen LogP contribution >= 0.6 is 12.6 Å². The van der Waals surface area contributed by atoms with Crippen molar-refractivity contribution in [3.05, 3.63) is 0 Å². The Morgan fingerprint density at radius 3 is 2.36 bits per heavy atom. The third-order valence-corrected chi connectivity index (χ3v) is 3.01. The normalized spacial score (nSPS) is 19.4. The fourth-order valence-electron chi connectivity index (χ4n) is 1.23. The van der Waals surface area contributed by atoms with Crippen LogP contribution in [0.4, 0.5) is 0 Å². The summed E-state index contributed by atoms with van der Waals surface area (Å²) in [6.07, 6.45) is 2.12. The van der Waals surface area contributed by atoms with E-state index in [4.69, 9.17) is 5.11 Å². The Bertz CT molecular complexity index is 99.7. The predicted octanol–water partition coefficient (Wildman–Crippen LogP) is 2.35. The SMILES string of the molecule is CCC(C)(CO)CC(C)CS. The number of hydrogen-bond acceptors (Lipinski definition) is 2. The summed E-state index contributed by atoms with van der Waals surface area (Å²) >= 11 is 4.22. The van der Waals surface area contributed by atoms with E-state index in [1.54, 1.807) is 0 Å². The second-order valence-electron chi connectivity index (χ2n) is 3.81. The lowest BCUT2D eigenvalue weighted by molar-refractivity contribution is 0.115. The summed E-state index contributed by atoms with van der Waals surface area (Å²) in [7, 11) is 0. The smallest absolute Gasteiger partial charge is 0.0484 e. The standard InChI is InChI=1S/C9H20OS/c1-4-9(3,7-10)5-8(2)6-11/h8,10-11H,4-7H2,1-3H3. The van der Waals surface area contributed by atoms with Crippen LogP contribution in [0.1, 0.15) is 33.6 Å². The van der Waals surface area contributed by atoms with Crippen LogP contribution in [0.25, 0.3) is 0 Å². The van der Waals surface area contributed by atoms with Crippen molar-refractivity contribution in [2.75, 3.05) is 12.4 Å². The average Bonchev–Trinajstić information content (AvgIpc) is 2.04. The lowest BCUT2D eigenvalue weighted by atomic mass is 9.80. The Morgan fingerprint density at radius 2 is 2.09 bits per heavy atom. The zero-order valence-electron chi connectivity index (χ0n) is 7.80. The van der Waals surface area contributed by atoms with E-state index in [0.717, 1.165) is 18.6 Å². The highest BCUT2D eigenvalue weighted by molar-refractivity contribution is 7.80. The molecule has 1 nitrogen and oxygen atoms in total. The van der Waals surface area contributed by atoms with E-state index in [1.165, 1.54) is 0 Å². The molecule has 0 saturated carbocycles. The molecular formula is C9H20OS. The van der Waals surface area contributed by atoms with Crippen LogP contribution in [-0.4, -0.2) is 17.5 Å². The van der Waals surface area contributed by atoms with Gasteiger partial charge in [0.15, 0.2) is 0 Å². The maximum absolute atomic E-state index is 9.10. The third-order valence-electron chi connectivity index (χ3n) is 2.39. The fraction of sp³-hybridized carbons (Fsp3) is 1.00. The molecule has 11 heavy (non-hydrogen) atoms. The summed E-state index contributed by atoms with van der Waals surface area (Å²) < 4.78 is 0. The van der Waals surface area contributed by atoms with E-state index in [0.29, 0.717) is 12.5 Å². The van der Waals surface area contributed by atoms with Gasteiger partial charge < -0.3 is 5.11 Å². The first-order valence-electron chi connectivity index (χ1n) is 4.29. The van der Waals surface area contributed by atoms with E-state index < -0.39 is 0 Å². The highest BCUT2D eigenvalue weighted by Gasteiger charge is 2.22. The van der Waals surface area contributed by atoms with Crippen molar-refractivity contribution in [1.82, 2.24) is 0 Å². The van der Waals surface area contributed by atoms with Crippen molar-refractivity contribution < 1.29 is 5.11 Å². The molecule has 0 bridgehead atoms. The molecule has 0 aliphatic rings. The van der Waals surface area contributed by atoms with Crippen LogP contribution in [0, 0.1) is 11.3 Å². The summed E-state index contributed by atoms with van der Waals surface area (Å²) in [5.74, 6) is 1.52. The van der Waals surface area contributed by atoms with Crippen LogP contribution in [0.2, 0.25) is 0 Å². The van der Waals surface area contributed by atoms with Crippen molar-refractivity contribution in [3.8, 4) is 0 Å². The van der Waals surface area contributed by atoms with Gasteiger partial charge in [-0.3, -0.25) is 0 Å². The van der Waals surface area contributed by atoms with Crippen molar-refractivity contribution >= 4 is 12.6 Å². The topological polar surface area (TPSA) is 20.2 Å². The molecule has 2 unspecified atom stereocenters. The molecule has 0 saturated heterocycles. The summed E-state index contributed by atoms with van der Waals surface area (Å²) in [6, 6.07) is 0. The summed E-state index contributed by atoms with van der Waals surface area (Å²) in [6.45, 7) is 6.73. The predicted molar refractivity (Wildman–Crippen MR) is 53.1 cm³/mol. The van der Waals surface area contributed by atoms with Gasteiger partial charge in [-0.25, -0.2) is 0 Å². The summed E-state index contributed by atoms with van der Waals surface area (Å²) in [5.41, 5.74) is 0.113. The van der Waals surface area contributed by atoms with E-state index >= 15 is 0 Å². The van der Waals surface area contributed by atoms with Crippen LogP contribution in [0.5, 0.6) is 0 Å². The third kappa shape index (κ3) is 4.02. The van der Waals surface area contributed by atoms with Gasteiger partial charge in [0.2, 0.25) is 0 Å². The first-order chi connectivity index (χ1) is 5.08. The molecule has 2 heteroatoms. The molecule has 0 aromatic heterocycles. The average molecular weight is 176 g/mol. The fourth-order valence-corrected chi connectivity index (χ4v) is 1.36. The Labute approximate surface area is 75.6 Å². The first kappa shape index (κ1) is 11.3. The molecule has 0 radical (unpaired) electrons. The van der Waals surface area contributed by atoms with Crippen molar-refractivity contribution in [2.45, 2.75) is 33.6 Å². The Kier molecular flexibility index (Phi) is 5.19. The number of aliphatic hydroxyl groups is 1. The first-order valence-corrected chi connectivity index (χ1v) is 4.93. The molecule has 0 aliphatic carbocycles. The van der Waals surface area contributed by atoms with E-state index in [-0.39, 0.29) is 5.41 Å². The lowest BCUT2D eigenvalue weighted by Gasteiger charge is -2.28. The van der Waals surface area contributed by atoms with E-state index in [2.05, 4.69) is 33.4 Å². The molecule has 0 fully saturated rings. The molecule has 68 valence electrons. The van der Waals surface area contributed by atoms with Crippen LogP contribution < -0.4 is 0 Å². The minimum Gasteiger partial charge on any atom is -0.396 e. The minimum atomic E-state index is 0.113. The second kappa shape index (κ2) is 5.04. The molecule has 0 aromatic carbocycles. The number of hydrogen-bond donors (Lipinski definition) is 2. The van der Waals surface area contributed by atoms with Gasteiger partial charge >= 0.3 is 0 Å². The number of thiol groups is 1. The molecule has 0 aliphatic heterocycles. The van der Waals surface area contributed by atoms with Gasteiger partial charge in [-0.1, -0.05) is 20.8 Å². The molecule has 0 rings (SSSR count). The quantitative estimate of drug-likeness (QED) is 0.616. The van der Waals surface area contributed by atoms with Crippen LogP contribution in [-0.2, 0) is 0 Å². The van der Waals surface area contributed by atoms with Crippen molar-refractivity contribution in [2.24, 2.45) is 11.3 Å². The molecule has 2 atom stereocenters.